The van der Waals surface area contributed by atoms with Crippen LogP contribution in [0.3, 0.4) is 0 Å². The van der Waals surface area contributed by atoms with E-state index in [1.165, 1.54) is 24.7 Å². The number of allylic oxidation sites excluding steroid dienone is 1. The molecule has 0 aliphatic heterocycles. The largest absolute Gasteiger partial charge is 0.459 e. The van der Waals surface area contributed by atoms with Gasteiger partial charge >= 0.3 is 0 Å². The highest BCUT2D eigenvalue weighted by atomic mass is 16.3. The molecule has 0 spiro atoms. The zero-order chi connectivity index (χ0) is 18.9. The zero-order valence-electron chi connectivity index (χ0n) is 15.3. The van der Waals surface area contributed by atoms with Crippen LogP contribution in [0.4, 0.5) is 11.4 Å². The van der Waals surface area contributed by atoms with Crippen molar-refractivity contribution < 1.29 is 14.0 Å². The summed E-state index contributed by atoms with van der Waals surface area (Å²) in [4.78, 5) is 24.0. The summed E-state index contributed by atoms with van der Waals surface area (Å²) in [5.41, 5.74) is 2.85. The lowest BCUT2D eigenvalue weighted by Crippen LogP contribution is -2.30. The van der Waals surface area contributed by atoms with Crippen molar-refractivity contribution in [3.8, 4) is 0 Å². The molecule has 0 radical (unpaired) electrons. The Bertz CT molecular complexity index is 797. The molecule has 2 aromatic rings. The fraction of sp³-hybridized carbons (Fsp3) is 0.333. The number of nitrogens with one attached hydrogen (secondary N) is 3. The van der Waals surface area contributed by atoms with Crippen molar-refractivity contribution in [3.05, 3.63) is 60.1 Å². The standard InChI is InChI=1S/C21H25N3O3/c25-20(22-12-11-16-6-2-1-3-7-16)15-23-17-8-4-9-18(14-17)24-21(26)19-10-5-13-27-19/h4-6,8-10,13-14,23H,1-3,7,11-12,15H2,(H,22,25)(H,24,26). The number of amides is 2. The maximum absolute atomic E-state index is 12.0. The quantitative estimate of drug-likeness (QED) is 0.617. The van der Waals surface area contributed by atoms with Gasteiger partial charge in [0.25, 0.3) is 5.91 Å². The van der Waals surface area contributed by atoms with Crippen molar-refractivity contribution in [3.63, 3.8) is 0 Å². The van der Waals surface area contributed by atoms with E-state index in [1.807, 2.05) is 12.1 Å². The third-order valence-electron chi connectivity index (χ3n) is 4.47. The van der Waals surface area contributed by atoms with Crippen LogP contribution in [0.15, 0.2) is 58.7 Å². The zero-order valence-corrected chi connectivity index (χ0v) is 15.3. The topological polar surface area (TPSA) is 83.4 Å². The summed E-state index contributed by atoms with van der Waals surface area (Å²) in [6.07, 6.45) is 9.55. The summed E-state index contributed by atoms with van der Waals surface area (Å²) in [6, 6.07) is 10.5. The second-order valence-corrected chi connectivity index (χ2v) is 6.57. The second kappa shape index (κ2) is 9.62. The highest BCUT2D eigenvalue weighted by Gasteiger charge is 2.09. The first-order chi connectivity index (χ1) is 13.2. The van der Waals surface area contributed by atoms with Gasteiger partial charge in [-0.05, 0) is 62.4 Å². The number of rotatable bonds is 8. The van der Waals surface area contributed by atoms with Gasteiger partial charge in [0, 0.05) is 17.9 Å². The molecule has 1 aromatic heterocycles. The van der Waals surface area contributed by atoms with Gasteiger partial charge in [0.05, 0.1) is 12.8 Å². The van der Waals surface area contributed by atoms with Crippen molar-refractivity contribution in [1.29, 1.82) is 0 Å². The minimum Gasteiger partial charge on any atom is -0.459 e. The molecule has 1 heterocycles. The van der Waals surface area contributed by atoms with E-state index >= 15 is 0 Å². The van der Waals surface area contributed by atoms with Crippen LogP contribution < -0.4 is 16.0 Å². The van der Waals surface area contributed by atoms with Crippen LogP contribution in [0.25, 0.3) is 0 Å². The Hall–Kier alpha value is -3.02. The van der Waals surface area contributed by atoms with Crippen molar-refractivity contribution >= 4 is 23.2 Å². The smallest absolute Gasteiger partial charge is 0.291 e. The molecule has 0 atom stereocenters. The molecule has 0 fully saturated rings. The Morgan fingerprint density at radius 1 is 1.07 bits per heavy atom. The van der Waals surface area contributed by atoms with E-state index in [0.717, 1.165) is 24.9 Å². The molecule has 3 rings (SSSR count). The lowest BCUT2D eigenvalue weighted by Gasteiger charge is -2.13. The van der Waals surface area contributed by atoms with E-state index in [4.69, 9.17) is 4.42 Å². The van der Waals surface area contributed by atoms with E-state index in [0.29, 0.717) is 12.2 Å². The van der Waals surface area contributed by atoms with E-state index < -0.39 is 0 Å². The summed E-state index contributed by atoms with van der Waals surface area (Å²) in [6.45, 7) is 0.861. The minimum absolute atomic E-state index is 0.0450. The molecule has 142 valence electrons. The van der Waals surface area contributed by atoms with Crippen LogP contribution in [0.2, 0.25) is 0 Å². The molecule has 0 saturated carbocycles. The first-order valence-electron chi connectivity index (χ1n) is 9.34. The molecule has 1 aromatic carbocycles. The lowest BCUT2D eigenvalue weighted by molar-refractivity contribution is -0.119. The predicted molar refractivity (Wildman–Crippen MR) is 106 cm³/mol. The van der Waals surface area contributed by atoms with Crippen molar-refractivity contribution in [2.75, 3.05) is 23.7 Å². The summed E-state index contributed by atoms with van der Waals surface area (Å²) >= 11 is 0. The predicted octanol–water partition coefficient (Wildman–Crippen LogP) is 3.95. The van der Waals surface area contributed by atoms with Crippen LogP contribution in [-0.2, 0) is 4.79 Å². The number of hydrogen-bond donors (Lipinski definition) is 3. The van der Waals surface area contributed by atoms with E-state index in [9.17, 15) is 9.59 Å². The molecular weight excluding hydrogens is 342 g/mol. The summed E-state index contributed by atoms with van der Waals surface area (Å²) < 4.78 is 5.07. The molecule has 6 nitrogen and oxygen atoms in total. The Morgan fingerprint density at radius 2 is 1.96 bits per heavy atom. The number of carbonyl (C=O) groups excluding carboxylic acids is 2. The van der Waals surface area contributed by atoms with E-state index in [2.05, 4.69) is 22.0 Å². The van der Waals surface area contributed by atoms with Gasteiger partial charge in [-0.3, -0.25) is 9.59 Å². The van der Waals surface area contributed by atoms with Crippen LogP contribution in [0.5, 0.6) is 0 Å². The van der Waals surface area contributed by atoms with Gasteiger partial charge in [0.2, 0.25) is 5.91 Å². The highest BCUT2D eigenvalue weighted by Crippen LogP contribution is 2.19. The molecule has 0 saturated heterocycles. The van der Waals surface area contributed by atoms with Gasteiger partial charge in [0.1, 0.15) is 0 Å². The Labute approximate surface area is 159 Å². The van der Waals surface area contributed by atoms with Crippen molar-refractivity contribution in [2.24, 2.45) is 0 Å². The van der Waals surface area contributed by atoms with Gasteiger partial charge in [-0.2, -0.15) is 0 Å². The SMILES string of the molecule is O=C(CNc1cccc(NC(=O)c2ccco2)c1)NCCC1=CCCCC1. The summed E-state index contributed by atoms with van der Waals surface area (Å²) in [5, 5.41) is 8.78. The third kappa shape index (κ3) is 6.02. The average molecular weight is 367 g/mol. The molecule has 1 aliphatic carbocycles. The number of anilines is 2. The normalized spacial score (nSPS) is 13.6. The Kier molecular flexibility index (Phi) is 6.68. The third-order valence-corrected chi connectivity index (χ3v) is 4.47. The fourth-order valence-corrected chi connectivity index (χ4v) is 3.05. The van der Waals surface area contributed by atoms with E-state index in [-0.39, 0.29) is 24.1 Å². The van der Waals surface area contributed by atoms with Gasteiger partial charge in [-0.1, -0.05) is 17.7 Å². The number of carbonyl (C=O) groups is 2. The van der Waals surface area contributed by atoms with Gasteiger partial charge in [-0.25, -0.2) is 0 Å². The molecule has 3 N–H and O–H groups in total. The van der Waals surface area contributed by atoms with Crippen LogP contribution in [0, 0.1) is 0 Å². The average Bonchev–Trinajstić information content (AvgIpc) is 3.23. The molecule has 0 unspecified atom stereocenters. The van der Waals surface area contributed by atoms with Gasteiger partial charge in [-0.15, -0.1) is 0 Å². The minimum atomic E-state index is -0.313. The maximum Gasteiger partial charge on any atom is 0.291 e. The Morgan fingerprint density at radius 3 is 2.74 bits per heavy atom. The number of furan rings is 1. The fourth-order valence-electron chi connectivity index (χ4n) is 3.05. The van der Waals surface area contributed by atoms with Gasteiger partial charge < -0.3 is 20.4 Å². The first kappa shape index (κ1) is 18.8. The molecular formula is C21H25N3O3. The first-order valence-corrected chi connectivity index (χ1v) is 9.34. The van der Waals surface area contributed by atoms with Crippen molar-refractivity contribution in [1.82, 2.24) is 5.32 Å². The van der Waals surface area contributed by atoms with Crippen LogP contribution in [0.1, 0.15) is 42.7 Å². The number of benzene rings is 1. The lowest BCUT2D eigenvalue weighted by atomic mass is 9.97. The molecule has 1 aliphatic rings. The number of hydrogen-bond acceptors (Lipinski definition) is 4. The molecule has 6 heteroatoms. The molecule has 0 bridgehead atoms. The molecule has 2 amide bonds. The van der Waals surface area contributed by atoms with E-state index in [1.54, 1.807) is 24.3 Å². The summed E-state index contributed by atoms with van der Waals surface area (Å²) in [5.74, 6) is -0.107. The van der Waals surface area contributed by atoms with Gasteiger partial charge in [0.15, 0.2) is 5.76 Å². The van der Waals surface area contributed by atoms with Crippen LogP contribution >= 0.6 is 0 Å². The summed E-state index contributed by atoms with van der Waals surface area (Å²) in [7, 11) is 0. The highest BCUT2D eigenvalue weighted by molar-refractivity contribution is 6.02. The molecule has 27 heavy (non-hydrogen) atoms. The Balaban J connectivity index is 1.41. The monoisotopic (exact) mass is 367 g/mol. The maximum atomic E-state index is 12.0. The van der Waals surface area contributed by atoms with Crippen LogP contribution in [-0.4, -0.2) is 24.9 Å². The van der Waals surface area contributed by atoms with Crippen molar-refractivity contribution in [2.45, 2.75) is 32.1 Å². The second-order valence-electron chi connectivity index (χ2n) is 6.57.